The molecular formula is C11H13BrN2O. The van der Waals surface area contributed by atoms with Gasteiger partial charge in [-0.1, -0.05) is 22.4 Å². The molecule has 1 fully saturated rings. The molecule has 3 nitrogen and oxygen atoms in total. The summed E-state index contributed by atoms with van der Waals surface area (Å²) < 4.78 is 0. The first-order valence-corrected chi connectivity index (χ1v) is 6.04. The van der Waals surface area contributed by atoms with Crippen LogP contribution in [0.5, 0.6) is 0 Å². The Hall–Kier alpha value is -0.900. The predicted octanol–water partition coefficient (Wildman–Crippen LogP) is 2.13. The number of aromatic nitrogens is 1. The van der Waals surface area contributed by atoms with Gasteiger partial charge in [0.05, 0.1) is 0 Å². The molecule has 1 heterocycles. The van der Waals surface area contributed by atoms with E-state index in [0.29, 0.717) is 10.4 Å². The number of alkyl halides is 1. The summed E-state index contributed by atoms with van der Waals surface area (Å²) in [5, 5.41) is 3.03. The molecule has 0 bridgehead atoms. The Bertz CT molecular complexity index is 342. The van der Waals surface area contributed by atoms with Gasteiger partial charge in [-0.2, -0.15) is 0 Å². The van der Waals surface area contributed by atoms with Gasteiger partial charge in [0.25, 0.3) is 5.91 Å². The Morgan fingerprint density at radius 2 is 2.13 bits per heavy atom. The maximum atomic E-state index is 11.8. The van der Waals surface area contributed by atoms with Crippen LogP contribution < -0.4 is 5.32 Å². The van der Waals surface area contributed by atoms with Gasteiger partial charge in [-0.05, 0) is 25.0 Å². The van der Waals surface area contributed by atoms with Gasteiger partial charge in [0.15, 0.2) is 0 Å². The van der Waals surface area contributed by atoms with Gasteiger partial charge in [0.1, 0.15) is 0 Å². The van der Waals surface area contributed by atoms with Crippen molar-refractivity contribution >= 4 is 21.8 Å². The van der Waals surface area contributed by atoms with Crippen LogP contribution in [-0.4, -0.2) is 21.8 Å². The Kier molecular flexibility index (Phi) is 3.36. The highest BCUT2D eigenvalue weighted by molar-refractivity contribution is 9.09. The van der Waals surface area contributed by atoms with E-state index >= 15 is 0 Å². The number of nitrogens with zero attached hydrogens (tertiary/aromatic N) is 1. The van der Waals surface area contributed by atoms with Crippen LogP contribution in [0.15, 0.2) is 24.5 Å². The van der Waals surface area contributed by atoms with Gasteiger partial charge < -0.3 is 5.32 Å². The van der Waals surface area contributed by atoms with Crippen LogP contribution in [0.2, 0.25) is 0 Å². The monoisotopic (exact) mass is 268 g/mol. The molecule has 1 aromatic rings. The van der Waals surface area contributed by atoms with E-state index in [2.05, 4.69) is 26.2 Å². The zero-order valence-corrected chi connectivity index (χ0v) is 9.90. The van der Waals surface area contributed by atoms with Gasteiger partial charge in [0, 0.05) is 28.8 Å². The summed E-state index contributed by atoms with van der Waals surface area (Å²) in [5.74, 6) is -0.00579. The van der Waals surface area contributed by atoms with Gasteiger partial charge in [0.2, 0.25) is 0 Å². The van der Waals surface area contributed by atoms with E-state index in [1.54, 1.807) is 24.5 Å². The Balaban J connectivity index is 1.98. The highest BCUT2D eigenvalue weighted by Crippen LogP contribution is 2.25. The lowest BCUT2D eigenvalue weighted by molar-refractivity contribution is 0.0939. The third-order valence-corrected chi connectivity index (χ3v) is 3.79. The summed E-state index contributed by atoms with van der Waals surface area (Å²) in [4.78, 5) is 16.1. The standard InChI is InChI=1S/C11H13BrN2O/c12-9-2-1-3-10(9)14-11(15)8-4-6-13-7-5-8/h4-7,9-10H,1-3H2,(H,14,15). The van der Waals surface area contributed by atoms with Crippen molar-refractivity contribution in [2.75, 3.05) is 0 Å². The first kappa shape index (κ1) is 10.6. The zero-order chi connectivity index (χ0) is 10.7. The largest absolute Gasteiger partial charge is 0.348 e. The second-order valence-electron chi connectivity index (χ2n) is 3.76. The quantitative estimate of drug-likeness (QED) is 0.836. The SMILES string of the molecule is O=C(NC1CCCC1Br)c1ccncc1. The van der Waals surface area contributed by atoms with Crippen molar-refractivity contribution in [2.24, 2.45) is 0 Å². The molecule has 4 heteroatoms. The minimum atomic E-state index is -0.00579. The lowest BCUT2D eigenvalue weighted by atomic mass is 10.2. The fraction of sp³-hybridized carbons (Fsp3) is 0.455. The fourth-order valence-corrected chi connectivity index (χ4v) is 2.55. The molecule has 15 heavy (non-hydrogen) atoms. The number of carbonyl (C=O) groups excluding carboxylic acids is 1. The summed E-state index contributed by atoms with van der Waals surface area (Å²) in [7, 11) is 0. The first-order chi connectivity index (χ1) is 7.27. The number of rotatable bonds is 2. The number of hydrogen-bond donors (Lipinski definition) is 1. The molecule has 0 radical (unpaired) electrons. The van der Waals surface area contributed by atoms with Crippen molar-refractivity contribution < 1.29 is 4.79 Å². The van der Waals surface area contributed by atoms with Gasteiger partial charge in [-0.15, -0.1) is 0 Å². The Labute approximate surface area is 97.4 Å². The van der Waals surface area contributed by atoms with Crippen molar-refractivity contribution in [3.05, 3.63) is 30.1 Å². The highest BCUT2D eigenvalue weighted by Gasteiger charge is 2.26. The molecule has 2 rings (SSSR count). The molecule has 1 N–H and O–H groups in total. The van der Waals surface area contributed by atoms with Crippen LogP contribution in [0, 0.1) is 0 Å². The minimum absolute atomic E-state index is 0.00579. The lowest BCUT2D eigenvalue weighted by Gasteiger charge is -2.15. The molecule has 2 unspecified atom stereocenters. The van der Waals surface area contributed by atoms with Crippen LogP contribution in [0.25, 0.3) is 0 Å². The fourth-order valence-electron chi connectivity index (χ4n) is 1.83. The molecule has 0 aliphatic heterocycles. The molecule has 0 aromatic carbocycles. The minimum Gasteiger partial charge on any atom is -0.348 e. The average molecular weight is 269 g/mol. The number of nitrogens with one attached hydrogen (secondary N) is 1. The van der Waals surface area contributed by atoms with Crippen molar-refractivity contribution in [2.45, 2.75) is 30.1 Å². The summed E-state index contributed by atoms with van der Waals surface area (Å²) in [5.41, 5.74) is 0.677. The topological polar surface area (TPSA) is 42.0 Å². The molecule has 1 saturated carbocycles. The normalized spacial score (nSPS) is 25.1. The molecule has 1 aromatic heterocycles. The summed E-state index contributed by atoms with van der Waals surface area (Å²) in [6, 6.07) is 3.73. The van der Waals surface area contributed by atoms with Crippen molar-refractivity contribution in [1.29, 1.82) is 0 Å². The van der Waals surface area contributed by atoms with Crippen LogP contribution >= 0.6 is 15.9 Å². The first-order valence-electron chi connectivity index (χ1n) is 5.12. The number of hydrogen-bond acceptors (Lipinski definition) is 2. The molecule has 2 atom stereocenters. The third kappa shape index (κ3) is 2.56. The van der Waals surface area contributed by atoms with Crippen LogP contribution in [0.4, 0.5) is 0 Å². The average Bonchev–Trinajstić information content (AvgIpc) is 2.66. The van der Waals surface area contributed by atoms with E-state index in [4.69, 9.17) is 0 Å². The van der Waals surface area contributed by atoms with Gasteiger partial charge >= 0.3 is 0 Å². The zero-order valence-electron chi connectivity index (χ0n) is 8.32. The van der Waals surface area contributed by atoms with Crippen molar-refractivity contribution in [3.63, 3.8) is 0 Å². The van der Waals surface area contributed by atoms with E-state index in [0.717, 1.165) is 12.8 Å². The molecule has 80 valence electrons. The predicted molar refractivity (Wildman–Crippen MR) is 62.1 cm³/mol. The molecule has 1 amide bonds. The van der Waals surface area contributed by atoms with E-state index in [9.17, 15) is 4.79 Å². The van der Waals surface area contributed by atoms with Crippen LogP contribution in [0.1, 0.15) is 29.6 Å². The van der Waals surface area contributed by atoms with Crippen LogP contribution in [0.3, 0.4) is 0 Å². The number of halogens is 1. The number of carbonyl (C=O) groups is 1. The maximum Gasteiger partial charge on any atom is 0.251 e. The van der Waals surface area contributed by atoms with E-state index in [1.165, 1.54) is 6.42 Å². The summed E-state index contributed by atoms with van der Waals surface area (Å²) in [6.07, 6.45) is 6.65. The smallest absolute Gasteiger partial charge is 0.251 e. The van der Waals surface area contributed by atoms with Crippen molar-refractivity contribution in [3.8, 4) is 0 Å². The Morgan fingerprint density at radius 1 is 1.40 bits per heavy atom. The summed E-state index contributed by atoms with van der Waals surface area (Å²) >= 11 is 3.58. The molecule has 1 aliphatic carbocycles. The lowest BCUT2D eigenvalue weighted by Crippen LogP contribution is -2.37. The second-order valence-corrected chi connectivity index (χ2v) is 4.94. The van der Waals surface area contributed by atoms with Crippen molar-refractivity contribution in [1.82, 2.24) is 10.3 Å². The molecular weight excluding hydrogens is 256 g/mol. The second kappa shape index (κ2) is 4.75. The molecule has 0 spiro atoms. The van der Waals surface area contributed by atoms with E-state index in [1.807, 2.05) is 0 Å². The third-order valence-electron chi connectivity index (χ3n) is 2.69. The maximum absolute atomic E-state index is 11.8. The van der Waals surface area contributed by atoms with E-state index in [-0.39, 0.29) is 11.9 Å². The molecule has 0 saturated heterocycles. The molecule has 1 aliphatic rings. The number of amides is 1. The Morgan fingerprint density at radius 3 is 2.73 bits per heavy atom. The van der Waals surface area contributed by atoms with Gasteiger partial charge in [-0.25, -0.2) is 0 Å². The van der Waals surface area contributed by atoms with Crippen LogP contribution in [-0.2, 0) is 0 Å². The van der Waals surface area contributed by atoms with Gasteiger partial charge in [-0.3, -0.25) is 9.78 Å². The number of pyridine rings is 1. The summed E-state index contributed by atoms with van der Waals surface area (Å²) in [6.45, 7) is 0. The van der Waals surface area contributed by atoms with E-state index < -0.39 is 0 Å². The highest BCUT2D eigenvalue weighted by atomic mass is 79.9.